The molecule has 1 aliphatic heterocycles. The summed E-state index contributed by atoms with van der Waals surface area (Å²) < 4.78 is 0. The van der Waals surface area contributed by atoms with E-state index < -0.39 is 0 Å². The Bertz CT molecular complexity index is 572. The van der Waals surface area contributed by atoms with Crippen LogP contribution in [-0.4, -0.2) is 5.54 Å². The highest BCUT2D eigenvalue weighted by molar-refractivity contribution is 5.45. The van der Waals surface area contributed by atoms with Gasteiger partial charge in [0, 0.05) is 17.3 Å². The van der Waals surface area contributed by atoms with Crippen LogP contribution in [0, 0.1) is 17.3 Å². The van der Waals surface area contributed by atoms with E-state index in [9.17, 15) is 0 Å². The van der Waals surface area contributed by atoms with Gasteiger partial charge in [0.2, 0.25) is 0 Å². The number of fused-ring (bicyclic) bond motifs is 5. The zero-order valence-corrected chi connectivity index (χ0v) is 11.1. The standard InChI is InChI=1S/C16H18N2/c1-14(2)15(3)12-9-10-13(12)16(14,18-17-15)11-7-5-4-6-8-11/h4-10,12-13H,1-3H3/t12-,13+,15-,16+/m1/s1. The van der Waals surface area contributed by atoms with E-state index in [1.54, 1.807) is 0 Å². The summed E-state index contributed by atoms with van der Waals surface area (Å²) in [7, 11) is 0. The molecule has 92 valence electrons. The molecule has 0 unspecified atom stereocenters. The Labute approximate surface area is 108 Å². The van der Waals surface area contributed by atoms with E-state index in [0.29, 0.717) is 11.8 Å². The second-order valence-corrected chi connectivity index (χ2v) is 6.54. The molecule has 3 aliphatic rings. The van der Waals surface area contributed by atoms with Gasteiger partial charge in [-0.2, -0.15) is 10.2 Å². The molecule has 2 nitrogen and oxygen atoms in total. The third kappa shape index (κ3) is 0.781. The first kappa shape index (κ1) is 10.5. The molecule has 18 heavy (non-hydrogen) atoms. The predicted molar refractivity (Wildman–Crippen MR) is 71.3 cm³/mol. The van der Waals surface area contributed by atoms with E-state index in [1.807, 2.05) is 0 Å². The van der Waals surface area contributed by atoms with Crippen molar-refractivity contribution in [1.29, 1.82) is 0 Å². The van der Waals surface area contributed by atoms with Crippen LogP contribution >= 0.6 is 0 Å². The second-order valence-electron chi connectivity index (χ2n) is 6.54. The Balaban J connectivity index is 2.00. The summed E-state index contributed by atoms with van der Waals surface area (Å²) in [6, 6.07) is 10.7. The average molecular weight is 238 g/mol. The summed E-state index contributed by atoms with van der Waals surface area (Å²) in [6.07, 6.45) is 4.66. The number of rotatable bonds is 1. The van der Waals surface area contributed by atoms with Gasteiger partial charge in [-0.15, -0.1) is 0 Å². The SMILES string of the molecule is CC1(C)[C@]2(C)N=N[C@@]1(c1ccccc1)[C@H]1C=C[C@H]12. The highest BCUT2D eigenvalue weighted by Crippen LogP contribution is 2.73. The van der Waals surface area contributed by atoms with Gasteiger partial charge >= 0.3 is 0 Å². The monoisotopic (exact) mass is 238 g/mol. The van der Waals surface area contributed by atoms with E-state index in [-0.39, 0.29) is 16.5 Å². The van der Waals surface area contributed by atoms with Crippen LogP contribution in [0.15, 0.2) is 52.7 Å². The molecule has 2 aliphatic carbocycles. The van der Waals surface area contributed by atoms with Crippen molar-refractivity contribution in [3.63, 3.8) is 0 Å². The Kier molecular flexibility index (Phi) is 1.61. The molecule has 0 radical (unpaired) electrons. The number of benzene rings is 1. The molecule has 0 amide bonds. The Morgan fingerprint density at radius 2 is 1.56 bits per heavy atom. The zero-order chi connectivity index (χ0) is 12.6. The molecule has 2 heteroatoms. The first-order valence-corrected chi connectivity index (χ1v) is 6.72. The number of nitrogens with zero attached hydrogens (tertiary/aromatic N) is 2. The smallest absolute Gasteiger partial charge is 0.121 e. The Hall–Kier alpha value is -1.44. The van der Waals surface area contributed by atoms with Crippen LogP contribution in [-0.2, 0) is 5.54 Å². The van der Waals surface area contributed by atoms with E-state index in [4.69, 9.17) is 10.2 Å². The number of hydrogen-bond acceptors (Lipinski definition) is 2. The van der Waals surface area contributed by atoms with E-state index in [1.165, 1.54) is 5.56 Å². The molecule has 1 aromatic carbocycles. The summed E-state index contributed by atoms with van der Waals surface area (Å²) >= 11 is 0. The normalized spacial score (nSPS) is 45.9. The summed E-state index contributed by atoms with van der Waals surface area (Å²) in [4.78, 5) is 0. The Morgan fingerprint density at radius 1 is 0.889 bits per heavy atom. The molecule has 0 aromatic heterocycles. The lowest BCUT2D eigenvalue weighted by molar-refractivity contribution is 0.171. The van der Waals surface area contributed by atoms with Gasteiger partial charge in [-0.25, -0.2) is 0 Å². The van der Waals surface area contributed by atoms with Gasteiger partial charge in [-0.1, -0.05) is 56.3 Å². The van der Waals surface area contributed by atoms with Crippen molar-refractivity contribution in [2.45, 2.75) is 31.8 Å². The Morgan fingerprint density at radius 3 is 2.11 bits per heavy atom. The maximum atomic E-state index is 4.79. The van der Waals surface area contributed by atoms with Crippen molar-refractivity contribution in [3.8, 4) is 0 Å². The summed E-state index contributed by atoms with van der Waals surface area (Å²) in [5, 5.41) is 9.48. The molecule has 1 heterocycles. The third-order valence-corrected chi connectivity index (χ3v) is 5.89. The van der Waals surface area contributed by atoms with Gasteiger partial charge in [0.1, 0.15) is 5.54 Å². The van der Waals surface area contributed by atoms with Crippen LogP contribution in [0.5, 0.6) is 0 Å². The van der Waals surface area contributed by atoms with Crippen LogP contribution in [0.1, 0.15) is 26.3 Å². The van der Waals surface area contributed by atoms with Crippen molar-refractivity contribution in [2.24, 2.45) is 27.5 Å². The fourth-order valence-electron chi connectivity index (χ4n) is 4.36. The molecule has 0 saturated heterocycles. The van der Waals surface area contributed by atoms with Gasteiger partial charge in [0.15, 0.2) is 0 Å². The topological polar surface area (TPSA) is 24.7 Å². The minimum absolute atomic E-state index is 0.0394. The van der Waals surface area contributed by atoms with Crippen LogP contribution in [0.3, 0.4) is 0 Å². The largest absolute Gasteiger partial charge is 0.185 e. The molecule has 0 spiro atoms. The van der Waals surface area contributed by atoms with Gasteiger partial charge in [-0.05, 0) is 12.5 Å². The fraction of sp³-hybridized carbons (Fsp3) is 0.500. The van der Waals surface area contributed by atoms with Gasteiger partial charge in [-0.3, -0.25) is 0 Å². The third-order valence-electron chi connectivity index (χ3n) is 5.89. The molecule has 1 saturated carbocycles. The van der Waals surface area contributed by atoms with Crippen LogP contribution in [0.2, 0.25) is 0 Å². The van der Waals surface area contributed by atoms with Crippen molar-refractivity contribution in [3.05, 3.63) is 48.0 Å². The average Bonchev–Trinajstić information content (AvgIpc) is 2.55. The second kappa shape index (κ2) is 2.76. The molecule has 1 fully saturated rings. The van der Waals surface area contributed by atoms with E-state index in [2.05, 4.69) is 63.3 Å². The van der Waals surface area contributed by atoms with Crippen LogP contribution in [0.4, 0.5) is 0 Å². The molecular formula is C16H18N2. The van der Waals surface area contributed by atoms with Crippen molar-refractivity contribution < 1.29 is 0 Å². The summed E-state index contributed by atoms with van der Waals surface area (Å²) in [6.45, 7) is 6.94. The predicted octanol–water partition coefficient (Wildman–Crippen LogP) is 3.95. The first-order valence-electron chi connectivity index (χ1n) is 6.72. The molecule has 1 aromatic rings. The maximum absolute atomic E-state index is 4.79. The lowest BCUT2D eigenvalue weighted by Gasteiger charge is -2.40. The minimum atomic E-state index is -0.150. The van der Waals surface area contributed by atoms with Gasteiger partial charge in [0.05, 0.1) is 5.54 Å². The molecular weight excluding hydrogens is 220 g/mol. The minimum Gasteiger partial charge on any atom is -0.185 e. The first-order chi connectivity index (χ1) is 8.54. The number of hydrogen-bond donors (Lipinski definition) is 0. The van der Waals surface area contributed by atoms with Gasteiger partial charge < -0.3 is 0 Å². The highest BCUT2D eigenvalue weighted by Gasteiger charge is 2.76. The maximum Gasteiger partial charge on any atom is 0.121 e. The van der Waals surface area contributed by atoms with Crippen molar-refractivity contribution in [2.75, 3.05) is 0 Å². The molecule has 4 rings (SSSR count). The number of azo groups is 1. The fourth-order valence-corrected chi connectivity index (χ4v) is 4.36. The zero-order valence-electron chi connectivity index (χ0n) is 11.1. The summed E-state index contributed by atoms with van der Waals surface area (Å²) in [5.74, 6) is 1.09. The molecule has 2 bridgehead atoms. The van der Waals surface area contributed by atoms with E-state index >= 15 is 0 Å². The lowest BCUT2D eigenvalue weighted by atomic mass is 9.64. The lowest BCUT2D eigenvalue weighted by Crippen LogP contribution is -2.43. The van der Waals surface area contributed by atoms with E-state index in [0.717, 1.165) is 0 Å². The quantitative estimate of drug-likeness (QED) is 0.662. The van der Waals surface area contributed by atoms with Crippen molar-refractivity contribution in [1.82, 2.24) is 0 Å². The molecule has 4 atom stereocenters. The van der Waals surface area contributed by atoms with Crippen LogP contribution in [0.25, 0.3) is 0 Å². The van der Waals surface area contributed by atoms with Crippen molar-refractivity contribution >= 4 is 0 Å². The summed E-state index contributed by atoms with van der Waals surface area (Å²) in [5.41, 5.74) is 1.20. The van der Waals surface area contributed by atoms with Gasteiger partial charge in [0.25, 0.3) is 0 Å². The van der Waals surface area contributed by atoms with Crippen LogP contribution < -0.4 is 0 Å². The molecule has 0 N–H and O–H groups in total. The highest BCUT2D eigenvalue weighted by atomic mass is 15.3.